The Hall–Kier alpha value is -2.64. The molecule has 1 aromatic heterocycles. The number of hydrogen-bond donors (Lipinski definition) is 1. The van der Waals surface area contributed by atoms with E-state index in [-0.39, 0.29) is 10.8 Å². The number of anilines is 1. The molecule has 0 spiro atoms. The Morgan fingerprint density at radius 3 is 2.00 bits per heavy atom. The Bertz CT molecular complexity index is 1120. The van der Waals surface area contributed by atoms with Crippen molar-refractivity contribution >= 4 is 15.7 Å². The van der Waals surface area contributed by atoms with Crippen molar-refractivity contribution in [3.05, 3.63) is 83.7 Å². The van der Waals surface area contributed by atoms with Crippen LogP contribution >= 0.6 is 0 Å². The first-order valence-corrected chi connectivity index (χ1v) is 13.9. The number of sulfonamides is 1. The zero-order valence-electron chi connectivity index (χ0n) is 22.2. The molecule has 3 aromatic rings. The van der Waals surface area contributed by atoms with Crippen LogP contribution in [-0.4, -0.2) is 31.1 Å². The lowest BCUT2D eigenvalue weighted by atomic mass is 9.87. The summed E-state index contributed by atoms with van der Waals surface area (Å²) in [6.45, 7) is 15.3. The molecule has 0 aliphatic rings. The number of benzene rings is 2. The number of rotatable bonds is 8. The SMILES string of the molecule is CC(C)(C)c1ccc(NS(C)(=O)=O)cc1.CC(C)(C)c1cnn(CCCOCc2ccccc2)c1. The zero-order valence-corrected chi connectivity index (χ0v) is 23.0. The average Bonchev–Trinajstić information content (AvgIpc) is 3.23. The lowest BCUT2D eigenvalue weighted by Crippen LogP contribution is -2.12. The molecule has 0 saturated heterocycles. The summed E-state index contributed by atoms with van der Waals surface area (Å²) in [6, 6.07) is 17.7. The van der Waals surface area contributed by atoms with Crippen LogP contribution in [0.25, 0.3) is 0 Å². The summed E-state index contributed by atoms with van der Waals surface area (Å²) in [7, 11) is -3.18. The maximum atomic E-state index is 11.0. The van der Waals surface area contributed by atoms with E-state index in [9.17, 15) is 8.42 Å². The van der Waals surface area contributed by atoms with Gasteiger partial charge >= 0.3 is 0 Å². The molecule has 0 amide bonds. The Balaban J connectivity index is 0.000000258. The number of nitrogens with one attached hydrogen (secondary N) is 1. The van der Waals surface area contributed by atoms with Crippen molar-refractivity contribution in [3.8, 4) is 0 Å². The molecule has 0 atom stereocenters. The van der Waals surface area contributed by atoms with Gasteiger partial charge in [-0.2, -0.15) is 5.10 Å². The minimum atomic E-state index is -3.18. The molecular formula is C28H41N3O3S. The highest BCUT2D eigenvalue weighted by Crippen LogP contribution is 2.23. The average molecular weight is 500 g/mol. The van der Waals surface area contributed by atoms with Crippen molar-refractivity contribution in [3.63, 3.8) is 0 Å². The van der Waals surface area contributed by atoms with Crippen molar-refractivity contribution in [2.24, 2.45) is 0 Å². The molecule has 0 fully saturated rings. The molecule has 3 rings (SSSR count). The highest BCUT2D eigenvalue weighted by Gasteiger charge is 2.15. The van der Waals surface area contributed by atoms with E-state index in [1.165, 1.54) is 16.7 Å². The van der Waals surface area contributed by atoms with Crippen LogP contribution in [0.4, 0.5) is 5.69 Å². The third kappa shape index (κ3) is 11.1. The van der Waals surface area contributed by atoms with Crippen LogP contribution in [0.2, 0.25) is 0 Å². The Morgan fingerprint density at radius 2 is 1.49 bits per heavy atom. The predicted molar refractivity (Wildman–Crippen MR) is 145 cm³/mol. The van der Waals surface area contributed by atoms with Gasteiger partial charge in [0.15, 0.2) is 0 Å². The predicted octanol–water partition coefficient (Wildman–Crippen LogP) is 6.14. The Kier molecular flexibility index (Phi) is 10.1. The van der Waals surface area contributed by atoms with Gasteiger partial charge in [0.05, 0.1) is 19.1 Å². The number of hydrogen-bond acceptors (Lipinski definition) is 4. The van der Waals surface area contributed by atoms with Crippen molar-refractivity contribution in [1.82, 2.24) is 9.78 Å². The second-order valence-electron chi connectivity index (χ2n) is 10.8. The molecule has 1 N–H and O–H groups in total. The van der Waals surface area contributed by atoms with Gasteiger partial charge in [-0.05, 0) is 46.1 Å². The second-order valence-corrected chi connectivity index (χ2v) is 12.6. The summed E-state index contributed by atoms with van der Waals surface area (Å²) in [4.78, 5) is 0. The van der Waals surface area contributed by atoms with Crippen LogP contribution in [0.3, 0.4) is 0 Å². The molecule has 7 heteroatoms. The topological polar surface area (TPSA) is 73.2 Å². The number of ether oxygens (including phenoxy) is 1. The van der Waals surface area contributed by atoms with Gasteiger partial charge in [0.1, 0.15) is 0 Å². The molecule has 0 aliphatic heterocycles. The monoisotopic (exact) mass is 499 g/mol. The number of aromatic nitrogens is 2. The molecular weight excluding hydrogens is 458 g/mol. The van der Waals surface area contributed by atoms with E-state index in [1.54, 1.807) is 12.1 Å². The van der Waals surface area contributed by atoms with Gasteiger partial charge in [-0.1, -0.05) is 84.0 Å². The van der Waals surface area contributed by atoms with Gasteiger partial charge in [0.25, 0.3) is 0 Å². The van der Waals surface area contributed by atoms with E-state index in [0.29, 0.717) is 12.3 Å². The van der Waals surface area contributed by atoms with Gasteiger partial charge in [0, 0.05) is 25.0 Å². The van der Waals surface area contributed by atoms with Crippen molar-refractivity contribution < 1.29 is 13.2 Å². The molecule has 6 nitrogen and oxygen atoms in total. The Labute approximate surface area is 211 Å². The lowest BCUT2D eigenvalue weighted by molar-refractivity contribution is 0.115. The lowest BCUT2D eigenvalue weighted by Gasteiger charge is -2.19. The summed E-state index contributed by atoms with van der Waals surface area (Å²) in [5, 5.41) is 4.40. The first kappa shape index (κ1) is 28.6. The van der Waals surface area contributed by atoms with Gasteiger partial charge in [-0.3, -0.25) is 9.40 Å². The van der Waals surface area contributed by atoms with Crippen LogP contribution in [0.15, 0.2) is 67.0 Å². The first-order valence-electron chi connectivity index (χ1n) is 12.0. The van der Waals surface area contributed by atoms with Gasteiger partial charge < -0.3 is 4.74 Å². The molecule has 192 valence electrons. The van der Waals surface area contributed by atoms with Gasteiger partial charge in [-0.15, -0.1) is 0 Å². The van der Waals surface area contributed by atoms with Gasteiger partial charge in [-0.25, -0.2) is 8.42 Å². The van der Waals surface area contributed by atoms with Crippen molar-refractivity contribution in [2.45, 2.75) is 71.9 Å². The fourth-order valence-electron chi connectivity index (χ4n) is 3.22. The van der Waals surface area contributed by atoms with Crippen LogP contribution in [0, 0.1) is 0 Å². The molecule has 35 heavy (non-hydrogen) atoms. The fourth-order valence-corrected chi connectivity index (χ4v) is 3.78. The summed E-state index contributed by atoms with van der Waals surface area (Å²) in [6.07, 6.45) is 6.23. The minimum absolute atomic E-state index is 0.0869. The number of nitrogens with zero attached hydrogens (tertiary/aromatic N) is 2. The summed E-state index contributed by atoms with van der Waals surface area (Å²) >= 11 is 0. The molecule has 0 saturated carbocycles. The van der Waals surface area contributed by atoms with Gasteiger partial charge in [0.2, 0.25) is 10.0 Å². The van der Waals surface area contributed by atoms with Crippen LogP contribution in [0.1, 0.15) is 64.7 Å². The maximum Gasteiger partial charge on any atom is 0.229 e. The van der Waals surface area contributed by atoms with Crippen LogP contribution in [-0.2, 0) is 38.7 Å². The van der Waals surface area contributed by atoms with E-state index in [0.717, 1.165) is 25.8 Å². The smallest absolute Gasteiger partial charge is 0.229 e. The molecule has 0 aliphatic carbocycles. The molecule has 0 radical (unpaired) electrons. The van der Waals surface area contributed by atoms with E-state index in [2.05, 4.69) is 69.7 Å². The van der Waals surface area contributed by atoms with E-state index < -0.39 is 10.0 Å². The Morgan fingerprint density at radius 1 is 0.886 bits per heavy atom. The summed E-state index contributed by atoms with van der Waals surface area (Å²) < 4.78 is 32.1. The fraction of sp³-hybridized carbons (Fsp3) is 0.464. The third-order valence-corrected chi connectivity index (χ3v) is 5.95. The van der Waals surface area contributed by atoms with Crippen molar-refractivity contribution in [1.29, 1.82) is 0 Å². The highest BCUT2D eigenvalue weighted by molar-refractivity contribution is 7.92. The van der Waals surface area contributed by atoms with E-state index >= 15 is 0 Å². The maximum absolute atomic E-state index is 11.0. The van der Waals surface area contributed by atoms with Crippen molar-refractivity contribution in [2.75, 3.05) is 17.6 Å². The summed E-state index contributed by atoms with van der Waals surface area (Å²) in [5.74, 6) is 0. The number of aryl methyl sites for hydroxylation is 1. The first-order chi connectivity index (χ1) is 16.2. The normalized spacial score (nSPS) is 12.1. The standard InChI is InChI=1S/C17H24N2O.C11H17NO2S/c1-17(2,3)16-12-18-19(13-16)10-7-11-20-14-15-8-5-4-6-9-15;1-11(2,3)9-5-7-10(8-6-9)12-15(4,13)14/h4-6,8-9,12-13H,7,10-11,14H2,1-3H3;5-8,12H,1-4H3. The summed E-state index contributed by atoms with van der Waals surface area (Å²) in [5.41, 5.74) is 4.54. The van der Waals surface area contributed by atoms with E-state index in [1.807, 2.05) is 41.2 Å². The molecule has 2 aromatic carbocycles. The van der Waals surface area contributed by atoms with Crippen LogP contribution in [0.5, 0.6) is 0 Å². The van der Waals surface area contributed by atoms with Crippen LogP contribution < -0.4 is 4.72 Å². The zero-order chi connectivity index (χ0) is 26.1. The van der Waals surface area contributed by atoms with E-state index in [4.69, 9.17) is 4.74 Å². The quantitative estimate of drug-likeness (QED) is 0.378. The third-order valence-electron chi connectivity index (χ3n) is 5.34. The molecule has 1 heterocycles. The minimum Gasteiger partial charge on any atom is -0.377 e. The highest BCUT2D eigenvalue weighted by atomic mass is 32.2. The largest absolute Gasteiger partial charge is 0.377 e. The molecule has 0 unspecified atom stereocenters. The second kappa shape index (κ2) is 12.4. The molecule has 0 bridgehead atoms.